The molecule has 0 amide bonds. The van der Waals surface area contributed by atoms with Crippen molar-refractivity contribution >= 4 is 17.5 Å². The second kappa shape index (κ2) is 9.96. The Labute approximate surface area is 188 Å². The van der Waals surface area contributed by atoms with E-state index in [0.29, 0.717) is 24.8 Å². The first-order valence-electron chi connectivity index (χ1n) is 11.0. The van der Waals surface area contributed by atoms with Gasteiger partial charge >= 0.3 is 11.9 Å². The zero-order valence-corrected chi connectivity index (χ0v) is 19.0. The summed E-state index contributed by atoms with van der Waals surface area (Å²) in [4.78, 5) is 33.7. The number of esters is 1. The van der Waals surface area contributed by atoms with Crippen molar-refractivity contribution in [2.45, 2.75) is 78.1 Å². The van der Waals surface area contributed by atoms with Gasteiger partial charge < -0.3 is 9.84 Å². The fraction of sp³-hybridized carbons (Fsp3) is 0.520. The monoisotopic (exact) mass is 446 g/mol. The molecule has 1 aromatic rings. The van der Waals surface area contributed by atoms with Gasteiger partial charge in [-0.25, -0.2) is 9.18 Å². The molecule has 1 aliphatic heterocycles. The molecule has 3 rings (SSSR count). The molecule has 0 bridgehead atoms. The second-order valence-electron chi connectivity index (χ2n) is 9.16. The number of benzene rings is 1. The largest absolute Gasteiger partial charge is 0.458 e. The Balaban J connectivity index is 1.97. The molecule has 0 radical (unpaired) electrons. The minimum absolute atomic E-state index is 0.00807. The highest BCUT2D eigenvalue weighted by Gasteiger charge is 2.36. The number of aryl methyl sites for hydroxylation is 1. The lowest BCUT2D eigenvalue weighted by atomic mass is 9.69. The molecule has 0 aromatic heterocycles. The summed E-state index contributed by atoms with van der Waals surface area (Å²) in [6, 6.07) is 4.96. The molecule has 1 unspecified atom stereocenters. The lowest BCUT2D eigenvalue weighted by molar-refractivity contribution is -0.301. The van der Waals surface area contributed by atoms with E-state index in [1.165, 1.54) is 6.07 Å². The smallest absolute Gasteiger partial charge is 0.342 e. The molecular weight excluding hydrogens is 415 g/mol. The lowest BCUT2D eigenvalue weighted by Gasteiger charge is -2.38. The Hall–Kier alpha value is -2.51. The number of aliphatic hydroxyl groups is 1. The number of ether oxygens (including phenoxy) is 1. The molecule has 0 saturated carbocycles. The van der Waals surface area contributed by atoms with Crippen LogP contribution in [0.5, 0.6) is 0 Å². The second-order valence-corrected chi connectivity index (χ2v) is 9.16. The van der Waals surface area contributed by atoms with Crippen molar-refractivity contribution in [1.82, 2.24) is 0 Å². The van der Waals surface area contributed by atoms with Crippen LogP contribution in [0.1, 0.15) is 64.0 Å². The molecule has 1 fully saturated rings. The topological polar surface area (TPSA) is 82.1 Å². The van der Waals surface area contributed by atoms with Gasteiger partial charge in [-0.2, -0.15) is 4.89 Å². The zero-order chi connectivity index (χ0) is 23.5. The maximum absolute atomic E-state index is 13.9. The number of hydrogen-bond donors (Lipinski definition) is 1. The molecule has 7 heteroatoms. The van der Waals surface area contributed by atoms with Crippen LogP contribution < -0.4 is 0 Å². The predicted molar refractivity (Wildman–Crippen MR) is 117 cm³/mol. The van der Waals surface area contributed by atoms with Gasteiger partial charge in [0.05, 0.1) is 12.5 Å². The summed E-state index contributed by atoms with van der Waals surface area (Å²) in [5.41, 5.74) is 2.96. The molecule has 2 aliphatic rings. The van der Waals surface area contributed by atoms with Crippen molar-refractivity contribution in [3.63, 3.8) is 0 Å². The van der Waals surface area contributed by atoms with Crippen molar-refractivity contribution in [1.29, 1.82) is 0 Å². The van der Waals surface area contributed by atoms with E-state index in [9.17, 15) is 19.1 Å². The van der Waals surface area contributed by atoms with E-state index in [1.54, 1.807) is 32.1 Å². The van der Waals surface area contributed by atoms with Gasteiger partial charge in [0, 0.05) is 19.3 Å². The molecule has 1 aromatic carbocycles. The highest BCUT2D eigenvalue weighted by atomic mass is 19.1. The fourth-order valence-electron chi connectivity index (χ4n) is 4.31. The number of rotatable bonds is 6. The zero-order valence-electron chi connectivity index (χ0n) is 19.0. The van der Waals surface area contributed by atoms with Crippen molar-refractivity contribution in [2.24, 2.45) is 5.41 Å². The Morgan fingerprint density at radius 2 is 2.09 bits per heavy atom. The molecule has 0 spiro atoms. The van der Waals surface area contributed by atoms with E-state index in [-0.39, 0.29) is 30.2 Å². The summed E-state index contributed by atoms with van der Waals surface area (Å²) in [6.45, 7) is 7.52. The highest BCUT2D eigenvalue weighted by Crippen LogP contribution is 2.46. The summed E-state index contributed by atoms with van der Waals surface area (Å²) < 4.78 is 19.3. The SMILES string of the molecule is CCC(=O)OOC1CC(c2ccc(F)c(C)c2)=C(C=C[C@@H]2C[C@@H](O)CC(=O)O2)C(C)(C)C1. The van der Waals surface area contributed by atoms with Crippen molar-refractivity contribution in [2.75, 3.05) is 0 Å². The molecule has 6 nitrogen and oxygen atoms in total. The summed E-state index contributed by atoms with van der Waals surface area (Å²) in [5.74, 6) is -1.14. The third-order valence-electron chi connectivity index (χ3n) is 5.96. The summed E-state index contributed by atoms with van der Waals surface area (Å²) in [6.07, 6.45) is 3.79. The van der Waals surface area contributed by atoms with E-state index in [1.807, 2.05) is 6.08 Å². The first-order chi connectivity index (χ1) is 15.1. The molecule has 1 aliphatic carbocycles. The number of aliphatic hydroxyl groups excluding tert-OH is 1. The van der Waals surface area contributed by atoms with Crippen LogP contribution in [-0.4, -0.2) is 35.4 Å². The van der Waals surface area contributed by atoms with E-state index >= 15 is 0 Å². The fourth-order valence-corrected chi connectivity index (χ4v) is 4.31. The predicted octanol–water partition coefficient (Wildman–Crippen LogP) is 4.58. The van der Waals surface area contributed by atoms with Crippen molar-refractivity contribution in [3.8, 4) is 0 Å². The third kappa shape index (κ3) is 5.84. The van der Waals surface area contributed by atoms with Crippen LogP contribution in [0.15, 0.2) is 35.9 Å². The Bertz CT molecular complexity index is 932. The molecular formula is C25H31FO6. The van der Waals surface area contributed by atoms with Crippen molar-refractivity contribution in [3.05, 3.63) is 52.9 Å². The van der Waals surface area contributed by atoms with Crippen LogP contribution in [0, 0.1) is 18.2 Å². The summed E-state index contributed by atoms with van der Waals surface area (Å²) in [5, 5.41) is 9.89. The Morgan fingerprint density at radius 1 is 1.34 bits per heavy atom. The van der Waals surface area contributed by atoms with Gasteiger partial charge in [0.2, 0.25) is 0 Å². The van der Waals surface area contributed by atoms with E-state index < -0.39 is 24.1 Å². The number of hydrogen-bond acceptors (Lipinski definition) is 6. The van der Waals surface area contributed by atoms with Crippen LogP contribution >= 0.6 is 0 Å². The van der Waals surface area contributed by atoms with Gasteiger partial charge in [0.25, 0.3) is 0 Å². The molecule has 1 saturated heterocycles. The van der Waals surface area contributed by atoms with Gasteiger partial charge in [0.1, 0.15) is 18.0 Å². The average Bonchev–Trinajstić information content (AvgIpc) is 2.71. The molecule has 1 N–H and O–H groups in total. The van der Waals surface area contributed by atoms with Crippen LogP contribution in [-0.2, 0) is 24.1 Å². The standard InChI is InChI=1S/C25H31FO6/c1-5-23(28)32-31-19-13-20(16-6-9-22(26)15(2)10-16)21(25(3,4)14-19)8-7-18-11-17(27)12-24(29)30-18/h6-10,17-19,27H,5,11-14H2,1-4H3/t17-,18-,19?/m1/s1. The van der Waals surface area contributed by atoms with Gasteiger partial charge in [0.15, 0.2) is 0 Å². The minimum atomic E-state index is -0.718. The highest BCUT2D eigenvalue weighted by molar-refractivity contribution is 5.74. The van der Waals surface area contributed by atoms with Crippen LogP contribution in [0.25, 0.3) is 5.57 Å². The van der Waals surface area contributed by atoms with Gasteiger partial charge in [-0.1, -0.05) is 32.9 Å². The lowest BCUT2D eigenvalue weighted by Crippen LogP contribution is -2.32. The van der Waals surface area contributed by atoms with E-state index in [4.69, 9.17) is 14.5 Å². The maximum Gasteiger partial charge on any atom is 0.342 e. The average molecular weight is 447 g/mol. The van der Waals surface area contributed by atoms with Gasteiger partial charge in [-0.15, -0.1) is 0 Å². The number of carbonyl (C=O) groups is 2. The van der Waals surface area contributed by atoms with Crippen LogP contribution in [0.2, 0.25) is 0 Å². The van der Waals surface area contributed by atoms with Crippen LogP contribution in [0.3, 0.4) is 0 Å². The first-order valence-corrected chi connectivity index (χ1v) is 11.0. The summed E-state index contributed by atoms with van der Waals surface area (Å²) >= 11 is 0. The van der Waals surface area contributed by atoms with Crippen LogP contribution in [0.4, 0.5) is 4.39 Å². The molecule has 32 heavy (non-hydrogen) atoms. The maximum atomic E-state index is 13.9. The third-order valence-corrected chi connectivity index (χ3v) is 5.96. The molecule has 1 heterocycles. The molecule has 3 atom stereocenters. The normalized spacial score (nSPS) is 25.7. The summed E-state index contributed by atoms with van der Waals surface area (Å²) in [7, 11) is 0. The van der Waals surface area contributed by atoms with E-state index in [0.717, 1.165) is 16.7 Å². The number of halogens is 1. The van der Waals surface area contributed by atoms with E-state index in [2.05, 4.69) is 13.8 Å². The quantitative estimate of drug-likeness (QED) is 0.391. The van der Waals surface area contributed by atoms with Crippen molar-refractivity contribution < 1.29 is 33.6 Å². The Morgan fingerprint density at radius 3 is 2.75 bits per heavy atom. The number of allylic oxidation sites excluding steroid dienone is 2. The Kier molecular flexibility index (Phi) is 7.51. The number of cyclic esters (lactones) is 1. The van der Waals surface area contributed by atoms with Gasteiger partial charge in [-0.05, 0) is 59.2 Å². The minimum Gasteiger partial charge on any atom is -0.458 e. The number of carbonyl (C=O) groups excluding carboxylic acids is 2. The first kappa shape index (κ1) is 24.1. The molecule has 174 valence electrons. The van der Waals surface area contributed by atoms with Gasteiger partial charge in [-0.3, -0.25) is 9.68 Å².